The van der Waals surface area contributed by atoms with E-state index < -0.39 is 6.09 Å². The van der Waals surface area contributed by atoms with Crippen molar-refractivity contribution in [2.45, 2.75) is 6.10 Å². The molecule has 0 spiro atoms. The molecule has 1 aliphatic heterocycles. The average Bonchev–Trinajstić information content (AvgIpc) is 2.15. The molecule has 1 aliphatic rings. The molecule has 0 bridgehead atoms. The van der Waals surface area contributed by atoms with E-state index in [1.807, 2.05) is 6.07 Å². The summed E-state index contributed by atoms with van der Waals surface area (Å²) in [7, 11) is 0. The zero-order valence-electron chi connectivity index (χ0n) is 7.01. The fourth-order valence-electron chi connectivity index (χ4n) is 1.12. The molecule has 0 radical (unpaired) electrons. The Hall–Kier alpha value is -1.54. The van der Waals surface area contributed by atoms with Crippen LogP contribution in [-0.4, -0.2) is 41.9 Å². The zero-order valence-corrected chi connectivity index (χ0v) is 7.01. The Kier molecular flexibility index (Phi) is 3.29. The average molecular weight is 182 g/mol. The number of carboxylic acid groups (broad SMARTS) is 1. The van der Waals surface area contributed by atoms with Crippen molar-refractivity contribution < 1.29 is 14.6 Å². The van der Waals surface area contributed by atoms with Gasteiger partial charge in [0.05, 0.1) is 25.3 Å². The molecule has 1 amide bonds. The number of morpholine rings is 1. The molecule has 5 heteroatoms. The molecule has 70 valence electrons. The minimum atomic E-state index is -0.946. The van der Waals surface area contributed by atoms with Crippen molar-refractivity contribution in [3.8, 4) is 6.07 Å². The number of nitriles is 1. The molecule has 0 aromatic rings. The van der Waals surface area contributed by atoms with Gasteiger partial charge in [0, 0.05) is 12.6 Å². The van der Waals surface area contributed by atoms with Crippen LogP contribution in [0.25, 0.3) is 0 Å². The molecule has 1 atom stereocenters. The summed E-state index contributed by atoms with van der Waals surface area (Å²) in [4.78, 5) is 11.8. The molecule has 0 aromatic carbocycles. The van der Waals surface area contributed by atoms with E-state index in [0.717, 1.165) is 0 Å². The van der Waals surface area contributed by atoms with E-state index >= 15 is 0 Å². The quantitative estimate of drug-likeness (QED) is 0.597. The van der Waals surface area contributed by atoms with E-state index in [4.69, 9.17) is 15.1 Å². The predicted molar refractivity (Wildman–Crippen MR) is 44.1 cm³/mol. The second-order valence-corrected chi connectivity index (χ2v) is 2.63. The molecule has 1 heterocycles. The third kappa shape index (κ3) is 2.76. The largest absolute Gasteiger partial charge is 0.465 e. The van der Waals surface area contributed by atoms with Crippen LogP contribution >= 0.6 is 0 Å². The molecule has 1 rings (SSSR count). The standard InChI is InChI=1S/C8H10N2O3/c9-3-1-2-7-6-10(8(11)12)4-5-13-7/h1-2,7H,4-6H2,(H,11,12)/b2-1+/t7-/m0/s1. The maximum Gasteiger partial charge on any atom is 0.407 e. The number of carbonyl (C=O) groups is 1. The maximum atomic E-state index is 10.6. The number of ether oxygens (including phenoxy) is 1. The number of allylic oxidation sites excluding steroid dienone is 1. The lowest BCUT2D eigenvalue weighted by atomic mass is 10.2. The van der Waals surface area contributed by atoms with Crippen molar-refractivity contribution in [2.24, 2.45) is 0 Å². The molecular formula is C8H10N2O3. The highest BCUT2D eigenvalue weighted by atomic mass is 16.5. The van der Waals surface area contributed by atoms with Gasteiger partial charge >= 0.3 is 6.09 Å². The molecule has 13 heavy (non-hydrogen) atoms. The first-order chi connectivity index (χ1) is 6.24. The number of nitrogens with zero attached hydrogens (tertiary/aromatic N) is 2. The Bertz CT molecular complexity index is 257. The fraction of sp³-hybridized carbons (Fsp3) is 0.500. The highest BCUT2D eigenvalue weighted by Gasteiger charge is 2.21. The molecule has 0 aliphatic carbocycles. The summed E-state index contributed by atoms with van der Waals surface area (Å²) < 4.78 is 5.22. The first-order valence-corrected chi connectivity index (χ1v) is 3.90. The summed E-state index contributed by atoms with van der Waals surface area (Å²) in [5.74, 6) is 0. The number of hydrogen-bond acceptors (Lipinski definition) is 3. The fourth-order valence-corrected chi connectivity index (χ4v) is 1.12. The van der Waals surface area contributed by atoms with Gasteiger partial charge in [-0.25, -0.2) is 4.79 Å². The van der Waals surface area contributed by atoms with Crippen molar-refractivity contribution in [1.82, 2.24) is 4.90 Å². The summed E-state index contributed by atoms with van der Waals surface area (Å²) in [5, 5.41) is 16.9. The van der Waals surface area contributed by atoms with Gasteiger partial charge in [0.1, 0.15) is 0 Å². The van der Waals surface area contributed by atoms with E-state index in [1.54, 1.807) is 6.08 Å². The van der Waals surface area contributed by atoms with Crippen LogP contribution in [0, 0.1) is 11.3 Å². The van der Waals surface area contributed by atoms with Crippen molar-refractivity contribution in [2.75, 3.05) is 19.7 Å². The Morgan fingerprint density at radius 1 is 1.77 bits per heavy atom. The molecule has 0 saturated carbocycles. The minimum absolute atomic E-state index is 0.288. The van der Waals surface area contributed by atoms with Gasteiger partial charge in [-0.3, -0.25) is 0 Å². The molecule has 1 N–H and O–H groups in total. The normalized spacial score (nSPS) is 23.0. The lowest BCUT2D eigenvalue weighted by Crippen LogP contribution is -2.44. The summed E-state index contributed by atoms with van der Waals surface area (Å²) >= 11 is 0. The van der Waals surface area contributed by atoms with Crippen molar-refractivity contribution in [3.63, 3.8) is 0 Å². The summed E-state index contributed by atoms with van der Waals surface area (Å²) in [6, 6.07) is 1.83. The summed E-state index contributed by atoms with van der Waals surface area (Å²) in [6.45, 7) is 1.08. The number of rotatable bonds is 1. The van der Waals surface area contributed by atoms with Crippen LogP contribution < -0.4 is 0 Å². The van der Waals surface area contributed by atoms with Gasteiger partial charge in [-0.05, 0) is 6.08 Å². The van der Waals surface area contributed by atoms with Crippen molar-refractivity contribution in [3.05, 3.63) is 12.2 Å². The first-order valence-electron chi connectivity index (χ1n) is 3.90. The second kappa shape index (κ2) is 4.48. The second-order valence-electron chi connectivity index (χ2n) is 2.63. The Morgan fingerprint density at radius 3 is 3.15 bits per heavy atom. The van der Waals surface area contributed by atoms with Gasteiger partial charge in [0.2, 0.25) is 0 Å². The van der Waals surface area contributed by atoms with Gasteiger partial charge in [0.25, 0.3) is 0 Å². The van der Waals surface area contributed by atoms with Crippen LogP contribution in [0.1, 0.15) is 0 Å². The smallest absolute Gasteiger partial charge is 0.407 e. The first kappa shape index (κ1) is 9.55. The highest BCUT2D eigenvalue weighted by Crippen LogP contribution is 2.06. The van der Waals surface area contributed by atoms with E-state index in [9.17, 15) is 4.79 Å². The maximum absolute atomic E-state index is 10.6. The third-order valence-electron chi connectivity index (χ3n) is 1.75. The summed E-state index contributed by atoms with van der Waals surface area (Å²) in [5.41, 5.74) is 0. The van der Waals surface area contributed by atoms with Gasteiger partial charge in [-0.15, -0.1) is 0 Å². The number of amides is 1. The third-order valence-corrected chi connectivity index (χ3v) is 1.75. The molecule has 1 fully saturated rings. The molecule has 5 nitrogen and oxygen atoms in total. The van der Waals surface area contributed by atoms with Crippen LogP contribution in [0.4, 0.5) is 4.79 Å². The predicted octanol–water partition coefficient (Wildman–Crippen LogP) is 0.445. The Labute approximate surface area is 75.8 Å². The Morgan fingerprint density at radius 2 is 2.54 bits per heavy atom. The van der Waals surface area contributed by atoms with Crippen LogP contribution in [-0.2, 0) is 4.74 Å². The van der Waals surface area contributed by atoms with Crippen LogP contribution in [0.2, 0.25) is 0 Å². The lowest BCUT2D eigenvalue weighted by Gasteiger charge is -2.29. The van der Waals surface area contributed by atoms with Gasteiger partial charge in [-0.2, -0.15) is 5.26 Å². The van der Waals surface area contributed by atoms with E-state index in [1.165, 1.54) is 11.0 Å². The van der Waals surface area contributed by atoms with Crippen LogP contribution in [0.5, 0.6) is 0 Å². The molecule has 0 unspecified atom stereocenters. The SMILES string of the molecule is N#C/C=C/[C@H]1CN(C(=O)O)CCO1. The van der Waals surface area contributed by atoms with Gasteiger partial charge in [-0.1, -0.05) is 0 Å². The van der Waals surface area contributed by atoms with Crippen LogP contribution in [0.15, 0.2) is 12.2 Å². The highest BCUT2D eigenvalue weighted by molar-refractivity contribution is 5.65. The van der Waals surface area contributed by atoms with Gasteiger partial charge < -0.3 is 14.7 Å². The lowest BCUT2D eigenvalue weighted by molar-refractivity contribution is 0.00211. The Balaban J connectivity index is 2.47. The molecular weight excluding hydrogens is 172 g/mol. The van der Waals surface area contributed by atoms with Gasteiger partial charge in [0.15, 0.2) is 0 Å². The number of hydrogen-bond donors (Lipinski definition) is 1. The minimum Gasteiger partial charge on any atom is -0.465 e. The topological polar surface area (TPSA) is 73.6 Å². The monoisotopic (exact) mass is 182 g/mol. The molecule has 1 saturated heterocycles. The van der Waals surface area contributed by atoms with Crippen LogP contribution in [0.3, 0.4) is 0 Å². The molecule has 0 aromatic heterocycles. The van der Waals surface area contributed by atoms with Crippen molar-refractivity contribution >= 4 is 6.09 Å². The van der Waals surface area contributed by atoms with Crippen molar-refractivity contribution in [1.29, 1.82) is 5.26 Å². The zero-order chi connectivity index (χ0) is 9.68. The summed E-state index contributed by atoms with van der Waals surface area (Å²) in [6.07, 6.45) is 1.63. The van der Waals surface area contributed by atoms with E-state index in [-0.39, 0.29) is 6.10 Å². The van der Waals surface area contributed by atoms with E-state index in [0.29, 0.717) is 19.7 Å². The van der Waals surface area contributed by atoms with E-state index in [2.05, 4.69) is 0 Å².